The number of hydrogen-bond donors (Lipinski definition) is 1. The fourth-order valence-electron chi connectivity index (χ4n) is 3.69. The Hall–Kier alpha value is -3.61. The molecule has 4 rings (SSSR count). The lowest BCUT2D eigenvalue weighted by molar-refractivity contribution is -0.129. The molecule has 29 heavy (non-hydrogen) atoms. The van der Waals surface area contributed by atoms with Crippen LogP contribution < -0.4 is 4.74 Å². The van der Waals surface area contributed by atoms with Gasteiger partial charge in [0, 0.05) is 24.3 Å². The predicted molar refractivity (Wildman–Crippen MR) is 106 cm³/mol. The smallest absolute Gasteiger partial charge is 0.290 e. The van der Waals surface area contributed by atoms with Crippen LogP contribution in [0.1, 0.15) is 35.5 Å². The average molecular weight is 392 g/mol. The number of nitrogens with zero attached hydrogens (tertiary/aromatic N) is 2. The fourth-order valence-corrected chi connectivity index (χ4v) is 3.69. The summed E-state index contributed by atoms with van der Waals surface area (Å²) in [4.78, 5) is 31.6. The van der Waals surface area contributed by atoms with Gasteiger partial charge in [-0.3, -0.25) is 14.6 Å². The number of ether oxygens (including phenoxy) is 1. The van der Waals surface area contributed by atoms with Crippen molar-refractivity contribution in [2.45, 2.75) is 19.4 Å². The summed E-state index contributed by atoms with van der Waals surface area (Å²) >= 11 is 0. The van der Waals surface area contributed by atoms with Gasteiger partial charge < -0.3 is 19.2 Å². The maximum Gasteiger partial charge on any atom is 0.290 e. The first-order valence-electron chi connectivity index (χ1n) is 9.32. The topological polar surface area (TPSA) is 92.9 Å². The summed E-state index contributed by atoms with van der Waals surface area (Å²) in [6.45, 7) is 2.33. The molecule has 148 valence electrons. The van der Waals surface area contributed by atoms with Crippen molar-refractivity contribution >= 4 is 22.7 Å². The standard InChI is InChI=1S/C22H20N2O5/c1-3-11-24-18(13-7-9-23-10-8-13)17(20(26)22(24)27)19(25)16-12-14-5-4-6-15(28-2)21(14)29-16/h4-10,12,18,26H,3,11H2,1-2H3. The summed E-state index contributed by atoms with van der Waals surface area (Å²) in [5.41, 5.74) is 1.14. The van der Waals surface area contributed by atoms with Crippen molar-refractivity contribution < 1.29 is 23.8 Å². The summed E-state index contributed by atoms with van der Waals surface area (Å²) < 4.78 is 11.1. The van der Waals surface area contributed by atoms with E-state index < -0.39 is 23.5 Å². The van der Waals surface area contributed by atoms with Gasteiger partial charge >= 0.3 is 0 Å². The summed E-state index contributed by atoms with van der Waals surface area (Å²) in [5, 5.41) is 11.3. The molecule has 1 N–H and O–H groups in total. The van der Waals surface area contributed by atoms with Crippen LogP contribution in [0.25, 0.3) is 11.0 Å². The number of para-hydroxylation sites is 1. The van der Waals surface area contributed by atoms with Crippen LogP contribution in [0.2, 0.25) is 0 Å². The number of aliphatic hydroxyl groups is 1. The van der Waals surface area contributed by atoms with E-state index in [1.807, 2.05) is 6.92 Å². The lowest BCUT2D eigenvalue weighted by atomic mass is 9.95. The molecule has 1 amide bonds. The zero-order valence-electron chi connectivity index (χ0n) is 16.1. The Bertz CT molecular complexity index is 1120. The second-order valence-corrected chi connectivity index (χ2v) is 6.76. The number of pyridine rings is 1. The Morgan fingerprint density at radius 1 is 1.28 bits per heavy atom. The summed E-state index contributed by atoms with van der Waals surface area (Å²) in [7, 11) is 1.52. The van der Waals surface area contributed by atoms with Gasteiger partial charge in [-0.1, -0.05) is 19.1 Å². The van der Waals surface area contributed by atoms with E-state index in [0.717, 1.165) is 0 Å². The highest BCUT2D eigenvalue weighted by molar-refractivity contribution is 6.16. The fraction of sp³-hybridized carbons (Fsp3) is 0.227. The molecule has 0 radical (unpaired) electrons. The number of carbonyl (C=O) groups is 2. The molecule has 7 nitrogen and oxygen atoms in total. The van der Waals surface area contributed by atoms with Gasteiger partial charge in [0.05, 0.1) is 18.7 Å². The molecule has 1 atom stereocenters. The first-order valence-corrected chi connectivity index (χ1v) is 9.32. The van der Waals surface area contributed by atoms with Crippen LogP contribution in [0.15, 0.2) is 64.5 Å². The van der Waals surface area contributed by atoms with Gasteiger partial charge in [0.15, 0.2) is 22.9 Å². The van der Waals surface area contributed by atoms with Gasteiger partial charge in [-0.2, -0.15) is 0 Å². The number of benzene rings is 1. The van der Waals surface area contributed by atoms with Crippen LogP contribution in [0.3, 0.4) is 0 Å². The molecule has 2 aromatic heterocycles. The minimum atomic E-state index is -0.701. The maximum atomic E-state index is 13.4. The van der Waals surface area contributed by atoms with Gasteiger partial charge in [0.25, 0.3) is 5.91 Å². The first kappa shape index (κ1) is 18.7. The van der Waals surface area contributed by atoms with Crippen LogP contribution in [-0.2, 0) is 4.79 Å². The number of amides is 1. The molecule has 1 aliphatic rings. The number of methoxy groups -OCH3 is 1. The summed E-state index contributed by atoms with van der Waals surface area (Å²) in [6, 6.07) is 9.69. The zero-order valence-corrected chi connectivity index (χ0v) is 16.1. The van der Waals surface area contributed by atoms with E-state index in [1.54, 1.807) is 48.8 Å². The van der Waals surface area contributed by atoms with Crippen molar-refractivity contribution in [3.63, 3.8) is 0 Å². The van der Waals surface area contributed by atoms with Gasteiger partial charge in [-0.25, -0.2) is 0 Å². The number of furan rings is 1. The molecule has 1 aliphatic heterocycles. The molecule has 1 unspecified atom stereocenters. The number of hydrogen-bond acceptors (Lipinski definition) is 6. The average Bonchev–Trinajstić information content (AvgIpc) is 3.29. The Labute approximate surface area is 167 Å². The van der Waals surface area contributed by atoms with Crippen molar-refractivity contribution in [3.8, 4) is 5.75 Å². The number of Topliss-reactive ketones (excluding diaryl/α,β-unsaturated/α-hetero) is 1. The van der Waals surface area contributed by atoms with Gasteiger partial charge in [-0.15, -0.1) is 0 Å². The SMILES string of the molecule is CCCN1C(=O)C(O)=C(C(=O)c2cc3cccc(OC)c3o2)C1c1ccncc1. The molecule has 3 aromatic rings. The highest BCUT2D eigenvalue weighted by Crippen LogP contribution is 2.40. The van der Waals surface area contributed by atoms with E-state index in [4.69, 9.17) is 9.15 Å². The van der Waals surface area contributed by atoms with Crippen LogP contribution in [0.4, 0.5) is 0 Å². The second-order valence-electron chi connectivity index (χ2n) is 6.76. The monoisotopic (exact) mass is 392 g/mol. The molecule has 0 saturated heterocycles. The van der Waals surface area contributed by atoms with Crippen molar-refractivity contribution in [2.24, 2.45) is 0 Å². The number of rotatable bonds is 6. The third-order valence-corrected chi connectivity index (χ3v) is 4.99. The summed E-state index contributed by atoms with van der Waals surface area (Å²) in [5.74, 6) is -1.10. The second kappa shape index (κ2) is 7.43. The molecule has 0 fully saturated rings. The van der Waals surface area contributed by atoms with E-state index in [1.165, 1.54) is 12.0 Å². The number of aliphatic hydroxyl groups excluding tert-OH is 1. The Morgan fingerprint density at radius 3 is 2.72 bits per heavy atom. The molecule has 0 saturated carbocycles. The van der Waals surface area contributed by atoms with E-state index in [0.29, 0.717) is 35.2 Å². The Morgan fingerprint density at radius 2 is 2.03 bits per heavy atom. The number of ketones is 1. The number of fused-ring (bicyclic) bond motifs is 1. The van der Waals surface area contributed by atoms with Gasteiger partial charge in [0.2, 0.25) is 5.78 Å². The van der Waals surface area contributed by atoms with E-state index >= 15 is 0 Å². The van der Waals surface area contributed by atoms with Crippen LogP contribution in [-0.4, -0.2) is 40.3 Å². The van der Waals surface area contributed by atoms with Crippen molar-refractivity contribution in [1.29, 1.82) is 0 Å². The van der Waals surface area contributed by atoms with Crippen LogP contribution >= 0.6 is 0 Å². The maximum absolute atomic E-state index is 13.4. The van der Waals surface area contributed by atoms with Gasteiger partial charge in [-0.05, 0) is 36.2 Å². The third-order valence-electron chi connectivity index (χ3n) is 4.99. The molecule has 1 aromatic carbocycles. The quantitative estimate of drug-likeness (QED) is 0.641. The number of carbonyl (C=O) groups excluding carboxylic acids is 2. The Balaban J connectivity index is 1.82. The highest BCUT2D eigenvalue weighted by atomic mass is 16.5. The lowest BCUT2D eigenvalue weighted by Gasteiger charge is -2.26. The van der Waals surface area contributed by atoms with E-state index in [9.17, 15) is 14.7 Å². The lowest BCUT2D eigenvalue weighted by Crippen LogP contribution is -2.31. The van der Waals surface area contributed by atoms with Gasteiger partial charge in [0.1, 0.15) is 0 Å². The molecule has 0 bridgehead atoms. The Kier molecular flexibility index (Phi) is 4.80. The zero-order chi connectivity index (χ0) is 20.5. The van der Waals surface area contributed by atoms with Crippen molar-refractivity contribution in [3.05, 3.63) is 71.4 Å². The predicted octanol–water partition coefficient (Wildman–Crippen LogP) is 3.82. The number of aromatic nitrogens is 1. The highest BCUT2D eigenvalue weighted by Gasteiger charge is 2.44. The normalized spacial score (nSPS) is 16.7. The third kappa shape index (κ3) is 3.04. The first-order chi connectivity index (χ1) is 14.1. The molecular formula is C22H20N2O5. The molecule has 0 spiro atoms. The molecule has 7 heteroatoms. The van der Waals surface area contributed by atoms with E-state index in [2.05, 4.69) is 4.98 Å². The largest absolute Gasteiger partial charge is 0.503 e. The summed E-state index contributed by atoms with van der Waals surface area (Å²) in [6.07, 6.45) is 3.87. The minimum Gasteiger partial charge on any atom is -0.503 e. The van der Waals surface area contributed by atoms with Crippen molar-refractivity contribution in [1.82, 2.24) is 9.88 Å². The van der Waals surface area contributed by atoms with E-state index in [-0.39, 0.29) is 11.3 Å². The molecule has 3 heterocycles. The van der Waals surface area contributed by atoms with Crippen molar-refractivity contribution in [2.75, 3.05) is 13.7 Å². The minimum absolute atomic E-state index is 0.00710. The van der Waals surface area contributed by atoms with Crippen LogP contribution in [0, 0.1) is 0 Å². The molecular weight excluding hydrogens is 372 g/mol. The van der Waals surface area contributed by atoms with Crippen LogP contribution in [0.5, 0.6) is 5.75 Å². The molecule has 0 aliphatic carbocycles.